The van der Waals surface area contributed by atoms with Crippen LogP contribution >= 0.6 is 0 Å². The molecule has 1 N–H and O–H groups in total. The number of nitrogens with one attached hydrogen (secondary N) is 1. The number of aliphatic imine (C=N–C) groups is 3. The van der Waals surface area contributed by atoms with Crippen LogP contribution in [0.4, 0.5) is 0 Å². The highest BCUT2D eigenvalue weighted by molar-refractivity contribution is 6.15. The number of fused-ring (bicyclic) bond motifs is 1. The van der Waals surface area contributed by atoms with E-state index in [0.29, 0.717) is 0 Å². The average Bonchev–Trinajstić information content (AvgIpc) is 3.34. The topological polar surface area (TPSA) is 49.1 Å². The minimum Gasteiger partial charge on any atom is -0.359 e. The first-order valence-electron chi connectivity index (χ1n) is 20.9. The molecule has 3 atom stereocenters. The molecule has 8 aromatic rings. The molecule has 0 aromatic heterocycles. The molecule has 4 nitrogen and oxygen atoms in total. The Labute approximate surface area is 352 Å². The molecule has 60 heavy (non-hydrogen) atoms. The van der Waals surface area contributed by atoms with Crippen LogP contribution in [0.1, 0.15) is 58.8 Å². The van der Waals surface area contributed by atoms with Gasteiger partial charge in [-0.15, -0.1) is 0 Å². The van der Waals surface area contributed by atoms with Crippen molar-refractivity contribution in [3.05, 3.63) is 246 Å². The lowest BCUT2D eigenvalue weighted by Gasteiger charge is -2.30. The van der Waals surface area contributed by atoms with Crippen molar-refractivity contribution in [2.45, 2.75) is 25.4 Å². The molecule has 0 radical (unpaired) electrons. The molecule has 0 saturated carbocycles. The van der Waals surface area contributed by atoms with Crippen molar-refractivity contribution >= 4 is 33.9 Å². The Morgan fingerprint density at radius 2 is 0.950 bits per heavy atom. The molecular formula is C56H44N4. The fourth-order valence-corrected chi connectivity index (χ4v) is 8.53. The van der Waals surface area contributed by atoms with E-state index in [2.05, 4.69) is 212 Å². The molecular weight excluding hydrogens is 729 g/mol. The molecule has 2 heterocycles. The van der Waals surface area contributed by atoms with Crippen molar-refractivity contribution in [2.75, 3.05) is 0 Å². The first-order valence-corrected chi connectivity index (χ1v) is 20.9. The van der Waals surface area contributed by atoms with E-state index >= 15 is 0 Å². The number of hydrogen-bond acceptors (Lipinski definition) is 4. The summed E-state index contributed by atoms with van der Waals surface area (Å²) < 4.78 is 0. The molecule has 2 aliphatic heterocycles. The van der Waals surface area contributed by atoms with Crippen molar-refractivity contribution in [1.82, 2.24) is 5.32 Å². The quantitative estimate of drug-likeness (QED) is 0.156. The molecule has 0 aliphatic carbocycles. The van der Waals surface area contributed by atoms with Crippen LogP contribution in [0.3, 0.4) is 0 Å². The fourth-order valence-electron chi connectivity index (χ4n) is 8.53. The van der Waals surface area contributed by atoms with Crippen molar-refractivity contribution in [3.63, 3.8) is 0 Å². The number of benzene rings is 8. The van der Waals surface area contributed by atoms with E-state index in [9.17, 15) is 0 Å². The van der Waals surface area contributed by atoms with E-state index in [1.165, 1.54) is 38.6 Å². The SMILES string of the molecule is CCC1C(c2ccccc2)=NC(c2ccccc2)=NC1c1ccc(-c2ccc3ccc(-c4ccc(C5=NC(c6ccccc6)=CC(c6ccccc6)N5)cc4)cc3c2)cc1. The monoisotopic (exact) mass is 772 g/mol. The second-order valence-corrected chi connectivity index (χ2v) is 15.5. The summed E-state index contributed by atoms with van der Waals surface area (Å²) in [6, 6.07) is 73.2. The first-order chi connectivity index (χ1) is 29.7. The van der Waals surface area contributed by atoms with Gasteiger partial charge in [-0.25, -0.2) is 9.98 Å². The summed E-state index contributed by atoms with van der Waals surface area (Å²) >= 11 is 0. The molecule has 4 heteroatoms. The van der Waals surface area contributed by atoms with Gasteiger partial charge in [-0.3, -0.25) is 4.99 Å². The van der Waals surface area contributed by atoms with Gasteiger partial charge in [-0.2, -0.15) is 0 Å². The summed E-state index contributed by atoms with van der Waals surface area (Å²) in [5.74, 6) is 1.83. The Bertz CT molecular complexity index is 2900. The van der Waals surface area contributed by atoms with Crippen molar-refractivity contribution in [3.8, 4) is 22.3 Å². The van der Waals surface area contributed by atoms with Gasteiger partial charge in [0.2, 0.25) is 0 Å². The van der Waals surface area contributed by atoms with E-state index in [4.69, 9.17) is 15.0 Å². The van der Waals surface area contributed by atoms with Crippen LogP contribution in [-0.2, 0) is 0 Å². The minimum atomic E-state index is -0.0360. The van der Waals surface area contributed by atoms with Crippen LogP contribution in [0.25, 0.3) is 38.7 Å². The van der Waals surface area contributed by atoms with E-state index < -0.39 is 0 Å². The molecule has 8 aromatic carbocycles. The van der Waals surface area contributed by atoms with Crippen LogP contribution in [0.2, 0.25) is 0 Å². The van der Waals surface area contributed by atoms with Crippen molar-refractivity contribution < 1.29 is 0 Å². The van der Waals surface area contributed by atoms with Crippen LogP contribution in [0.5, 0.6) is 0 Å². The number of nitrogens with zero attached hydrogens (tertiary/aromatic N) is 3. The van der Waals surface area contributed by atoms with Gasteiger partial charge in [0.05, 0.1) is 23.5 Å². The maximum absolute atomic E-state index is 5.31. The highest BCUT2D eigenvalue weighted by Crippen LogP contribution is 2.38. The summed E-state index contributed by atoms with van der Waals surface area (Å²) in [6.07, 6.45) is 3.15. The fraction of sp³-hybridized carbons (Fsp3) is 0.0893. The third-order valence-electron chi connectivity index (χ3n) is 11.8. The normalized spacial score (nSPS) is 17.5. The number of hydrogen-bond donors (Lipinski definition) is 1. The van der Waals surface area contributed by atoms with Crippen LogP contribution < -0.4 is 5.32 Å². The van der Waals surface area contributed by atoms with E-state index in [1.807, 2.05) is 12.1 Å². The summed E-state index contributed by atoms with van der Waals surface area (Å²) in [6.45, 7) is 2.24. The molecule has 288 valence electrons. The Morgan fingerprint density at radius 1 is 0.433 bits per heavy atom. The predicted molar refractivity (Wildman–Crippen MR) is 251 cm³/mol. The number of amidine groups is 2. The minimum absolute atomic E-state index is 0.0166. The lowest BCUT2D eigenvalue weighted by Crippen LogP contribution is -2.31. The maximum Gasteiger partial charge on any atom is 0.155 e. The van der Waals surface area contributed by atoms with E-state index in [1.54, 1.807) is 0 Å². The lowest BCUT2D eigenvalue weighted by atomic mass is 9.83. The Morgan fingerprint density at radius 3 is 1.55 bits per heavy atom. The smallest absolute Gasteiger partial charge is 0.155 e. The van der Waals surface area contributed by atoms with E-state index in [0.717, 1.165) is 57.3 Å². The van der Waals surface area contributed by atoms with Crippen molar-refractivity contribution in [2.24, 2.45) is 20.9 Å². The maximum atomic E-state index is 5.31. The predicted octanol–water partition coefficient (Wildman–Crippen LogP) is 13.3. The zero-order valence-electron chi connectivity index (χ0n) is 33.5. The van der Waals surface area contributed by atoms with Gasteiger partial charge in [-0.05, 0) is 79.9 Å². The molecule has 2 aliphatic rings. The van der Waals surface area contributed by atoms with E-state index in [-0.39, 0.29) is 18.0 Å². The Kier molecular flexibility index (Phi) is 10.1. The summed E-state index contributed by atoms with van der Waals surface area (Å²) in [7, 11) is 0. The molecule has 0 saturated heterocycles. The van der Waals surface area contributed by atoms with Crippen molar-refractivity contribution in [1.29, 1.82) is 0 Å². The molecule has 0 bridgehead atoms. The van der Waals surface area contributed by atoms with Gasteiger partial charge in [0.1, 0.15) is 5.84 Å². The number of rotatable bonds is 9. The van der Waals surface area contributed by atoms with Crippen LogP contribution in [0, 0.1) is 5.92 Å². The van der Waals surface area contributed by atoms with Gasteiger partial charge in [-0.1, -0.05) is 201 Å². The van der Waals surface area contributed by atoms with Gasteiger partial charge in [0.15, 0.2) is 5.84 Å². The Balaban J connectivity index is 0.919. The third-order valence-corrected chi connectivity index (χ3v) is 11.8. The first kappa shape index (κ1) is 36.9. The van der Waals surface area contributed by atoms with Gasteiger partial charge in [0.25, 0.3) is 0 Å². The second kappa shape index (κ2) is 16.4. The summed E-state index contributed by atoms with van der Waals surface area (Å²) in [4.78, 5) is 15.6. The highest BCUT2D eigenvalue weighted by atomic mass is 15.0. The summed E-state index contributed by atoms with van der Waals surface area (Å²) in [5.41, 5.74) is 13.5. The second-order valence-electron chi connectivity index (χ2n) is 15.5. The lowest BCUT2D eigenvalue weighted by molar-refractivity contribution is 0.532. The van der Waals surface area contributed by atoms with Gasteiger partial charge >= 0.3 is 0 Å². The molecule has 3 unspecified atom stereocenters. The molecule has 10 rings (SSSR count). The van der Waals surface area contributed by atoms with Crippen LogP contribution in [0.15, 0.2) is 227 Å². The molecule has 0 amide bonds. The van der Waals surface area contributed by atoms with Crippen LogP contribution in [-0.4, -0.2) is 17.4 Å². The summed E-state index contributed by atoms with van der Waals surface area (Å²) in [5, 5.41) is 6.12. The zero-order chi connectivity index (χ0) is 40.3. The van der Waals surface area contributed by atoms with Gasteiger partial charge < -0.3 is 5.32 Å². The highest BCUT2D eigenvalue weighted by Gasteiger charge is 2.31. The average molecular weight is 773 g/mol. The Hall–Kier alpha value is -7.43. The third kappa shape index (κ3) is 7.52. The standard InChI is InChI=1S/C56H44N4/c1-2-50-53(43-19-11-5-12-20-43)59-56(45-21-13-6-14-22-45)60-54(50)44-29-23-38(24-30-44)47-33-27-40-28-34-48(36-49(40)35-47)39-25-31-46(32-26-39)55-57-51(41-15-7-3-8-16-41)37-52(58-55)42-17-9-4-10-18-42/h3-37,50-51,54H,2H2,1H3,(H,57,58). The zero-order valence-corrected chi connectivity index (χ0v) is 33.5. The van der Waals surface area contributed by atoms with Gasteiger partial charge in [0, 0.05) is 17.0 Å². The molecule has 0 spiro atoms. The largest absolute Gasteiger partial charge is 0.359 e. The molecule has 0 fully saturated rings.